The number of hydrogen-bond acceptors (Lipinski definition) is 4. The second kappa shape index (κ2) is 5.68. The fraction of sp³-hybridized carbons (Fsp3) is 0.750. The van der Waals surface area contributed by atoms with Gasteiger partial charge in [0.15, 0.2) is 0 Å². The summed E-state index contributed by atoms with van der Waals surface area (Å²) in [7, 11) is 0. The Morgan fingerprint density at radius 2 is 2.15 bits per heavy atom. The third-order valence-electron chi connectivity index (χ3n) is 4.79. The molecule has 0 bridgehead atoms. The van der Waals surface area contributed by atoms with E-state index in [-0.39, 0.29) is 0 Å². The van der Waals surface area contributed by atoms with Crippen LogP contribution in [0.25, 0.3) is 0 Å². The highest BCUT2D eigenvalue weighted by atomic mass is 15.2. The highest BCUT2D eigenvalue weighted by Crippen LogP contribution is 2.37. The molecule has 2 fully saturated rings. The number of aromatic nitrogens is 2. The zero-order valence-electron chi connectivity index (χ0n) is 12.8. The Hall–Kier alpha value is -1.16. The summed E-state index contributed by atoms with van der Waals surface area (Å²) in [6.45, 7) is 8.82. The van der Waals surface area contributed by atoms with Crippen molar-refractivity contribution in [2.24, 2.45) is 5.41 Å². The zero-order chi connectivity index (χ0) is 14.0. The van der Waals surface area contributed by atoms with E-state index in [2.05, 4.69) is 33.2 Å². The lowest BCUT2D eigenvalue weighted by Gasteiger charge is -2.46. The van der Waals surface area contributed by atoms with Crippen molar-refractivity contribution >= 4 is 5.82 Å². The molecule has 1 atom stereocenters. The number of rotatable bonds is 2. The van der Waals surface area contributed by atoms with Gasteiger partial charge >= 0.3 is 0 Å². The van der Waals surface area contributed by atoms with E-state index in [9.17, 15) is 0 Å². The summed E-state index contributed by atoms with van der Waals surface area (Å²) in [6, 6.07) is 2.18. The first-order valence-corrected chi connectivity index (χ1v) is 8.01. The molecule has 4 nitrogen and oxygen atoms in total. The van der Waals surface area contributed by atoms with E-state index in [0.29, 0.717) is 5.41 Å². The lowest BCUT2D eigenvalue weighted by molar-refractivity contribution is 0.173. The average Bonchev–Trinajstić information content (AvgIpc) is 2.47. The molecule has 4 heteroatoms. The van der Waals surface area contributed by atoms with Gasteiger partial charge in [0.05, 0.1) is 0 Å². The summed E-state index contributed by atoms with van der Waals surface area (Å²) in [4.78, 5) is 11.7. The minimum absolute atomic E-state index is 0.474. The number of anilines is 1. The molecule has 0 amide bonds. The fourth-order valence-corrected chi connectivity index (χ4v) is 3.74. The number of hydrogen-bond donors (Lipinski definition) is 1. The molecule has 1 spiro atoms. The van der Waals surface area contributed by atoms with Gasteiger partial charge in [0.2, 0.25) is 0 Å². The molecule has 0 aliphatic carbocycles. The van der Waals surface area contributed by atoms with Gasteiger partial charge in [-0.1, -0.05) is 6.92 Å². The van der Waals surface area contributed by atoms with Crippen molar-refractivity contribution in [3.05, 3.63) is 17.6 Å². The average molecular weight is 274 g/mol. The van der Waals surface area contributed by atoms with Gasteiger partial charge in [-0.3, -0.25) is 0 Å². The Morgan fingerprint density at radius 1 is 1.30 bits per heavy atom. The molecule has 1 aromatic heterocycles. The molecule has 2 saturated heterocycles. The van der Waals surface area contributed by atoms with Crippen LogP contribution in [0.4, 0.5) is 5.82 Å². The van der Waals surface area contributed by atoms with Crippen LogP contribution in [0.2, 0.25) is 0 Å². The summed E-state index contributed by atoms with van der Waals surface area (Å²) in [5, 5.41) is 3.59. The third kappa shape index (κ3) is 2.80. The first-order chi connectivity index (χ1) is 9.71. The van der Waals surface area contributed by atoms with Crippen LogP contribution in [-0.2, 0) is 6.42 Å². The number of piperidine rings is 2. The summed E-state index contributed by atoms with van der Waals surface area (Å²) < 4.78 is 0. The SMILES string of the molecule is CCc1cc(N2CCCC3(CCCNC3)C2)nc(C)n1. The largest absolute Gasteiger partial charge is 0.356 e. The van der Waals surface area contributed by atoms with Crippen molar-refractivity contribution in [2.45, 2.75) is 46.0 Å². The molecule has 1 N–H and O–H groups in total. The number of nitrogens with zero attached hydrogens (tertiary/aromatic N) is 3. The maximum Gasteiger partial charge on any atom is 0.132 e. The van der Waals surface area contributed by atoms with Crippen LogP contribution < -0.4 is 10.2 Å². The highest BCUT2D eigenvalue weighted by Gasteiger charge is 2.36. The van der Waals surface area contributed by atoms with Gasteiger partial charge < -0.3 is 10.2 Å². The van der Waals surface area contributed by atoms with Crippen LogP contribution in [0.3, 0.4) is 0 Å². The molecule has 1 aromatic rings. The van der Waals surface area contributed by atoms with Crippen LogP contribution in [0.1, 0.15) is 44.1 Å². The van der Waals surface area contributed by atoms with Gasteiger partial charge in [-0.2, -0.15) is 0 Å². The molecule has 110 valence electrons. The predicted octanol–water partition coefficient (Wildman–Crippen LogP) is 2.32. The molecule has 0 radical (unpaired) electrons. The number of aryl methyl sites for hydroxylation is 2. The highest BCUT2D eigenvalue weighted by molar-refractivity contribution is 5.41. The Kier molecular flexibility index (Phi) is 3.92. The Balaban J connectivity index is 1.81. The topological polar surface area (TPSA) is 41.0 Å². The molecule has 0 aromatic carbocycles. The number of nitrogens with one attached hydrogen (secondary N) is 1. The lowest BCUT2D eigenvalue weighted by Crippen LogP contribution is -2.51. The standard InChI is InChI=1S/C16H26N4/c1-3-14-10-15(19-13(2)18-14)20-9-5-7-16(12-20)6-4-8-17-11-16/h10,17H,3-9,11-12H2,1-2H3. The molecule has 2 aliphatic rings. The molecule has 3 heterocycles. The summed E-state index contributed by atoms with van der Waals surface area (Å²) in [6.07, 6.45) is 6.31. The normalized spacial score (nSPS) is 27.0. The second-order valence-corrected chi connectivity index (χ2v) is 6.42. The predicted molar refractivity (Wildman–Crippen MR) is 82.1 cm³/mol. The van der Waals surface area contributed by atoms with Crippen molar-refractivity contribution < 1.29 is 0 Å². The van der Waals surface area contributed by atoms with Crippen molar-refractivity contribution in [3.63, 3.8) is 0 Å². The van der Waals surface area contributed by atoms with Gasteiger partial charge in [-0.05, 0) is 45.6 Å². The Bertz CT molecular complexity index is 460. The van der Waals surface area contributed by atoms with Gasteiger partial charge in [0.25, 0.3) is 0 Å². The lowest BCUT2D eigenvalue weighted by atomic mass is 9.74. The smallest absolute Gasteiger partial charge is 0.132 e. The summed E-state index contributed by atoms with van der Waals surface area (Å²) >= 11 is 0. The minimum atomic E-state index is 0.474. The van der Waals surface area contributed by atoms with Crippen LogP contribution in [0.15, 0.2) is 6.07 Å². The first kappa shape index (κ1) is 13.8. The summed E-state index contributed by atoms with van der Waals surface area (Å²) in [5.41, 5.74) is 1.63. The van der Waals surface area contributed by atoms with Crippen molar-refractivity contribution in [1.29, 1.82) is 0 Å². The van der Waals surface area contributed by atoms with E-state index in [1.54, 1.807) is 0 Å². The van der Waals surface area contributed by atoms with Crippen molar-refractivity contribution in [1.82, 2.24) is 15.3 Å². The summed E-state index contributed by atoms with van der Waals surface area (Å²) in [5.74, 6) is 2.04. The van der Waals surface area contributed by atoms with Gasteiger partial charge in [-0.25, -0.2) is 9.97 Å². The van der Waals surface area contributed by atoms with E-state index in [1.807, 2.05) is 6.92 Å². The molecule has 1 unspecified atom stereocenters. The second-order valence-electron chi connectivity index (χ2n) is 6.42. The van der Waals surface area contributed by atoms with Gasteiger partial charge in [0, 0.05) is 36.8 Å². The monoisotopic (exact) mass is 274 g/mol. The van der Waals surface area contributed by atoms with E-state index in [0.717, 1.165) is 36.8 Å². The van der Waals surface area contributed by atoms with E-state index in [4.69, 9.17) is 0 Å². The van der Waals surface area contributed by atoms with Gasteiger partial charge in [-0.15, -0.1) is 0 Å². The van der Waals surface area contributed by atoms with E-state index in [1.165, 1.54) is 38.8 Å². The van der Waals surface area contributed by atoms with Gasteiger partial charge in [0.1, 0.15) is 11.6 Å². The maximum absolute atomic E-state index is 4.68. The molecular formula is C16H26N4. The van der Waals surface area contributed by atoms with Crippen molar-refractivity contribution in [3.8, 4) is 0 Å². The Morgan fingerprint density at radius 3 is 2.90 bits per heavy atom. The minimum Gasteiger partial charge on any atom is -0.356 e. The van der Waals surface area contributed by atoms with Crippen LogP contribution in [0, 0.1) is 12.3 Å². The van der Waals surface area contributed by atoms with Crippen LogP contribution in [0.5, 0.6) is 0 Å². The molecule has 3 rings (SSSR count). The maximum atomic E-state index is 4.68. The molecule has 0 saturated carbocycles. The zero-order valence-corrected chi connectivity index (χ0v) is 12.8. The Labute approximate surface area is 122 Å². The van der Waals surface area contributed by atoms with Crippen molar-refractivity contribution in [2.75, 3.05) is 31.1 Å². The van der Waals surface area contributed by atoms with Crippen LogP contribution >= 0.6 is 0 Å². The fourth-order valence-electron chi connectivity index (χ4n) is 3.74. The molecular weight excluding hydrogens is 248 g/mol. The third-order valence-corrected chi connectivity index (χ3v) is 4.79. The first-order valence-electron chi connectivity index (χ1n) is 8.01. The van der Waals surface area contributed by atoms with E-state index < -0.39 is 0 Å². The quantitative estimate of drug-likeness (QED) is 0.898. The van der Waals surface area contributed by atoms with E-state index >= 15 is 0 Å². The van der Waals surface area contributed by atoms with Crippen LogP contribution in [-0.4, -0.2) is 36.1 Å². The molecule has 2 aliphatic heterocycles. The molecule has 20 heavy (non-hydrogen) atoms.